The third-order valence-electron chi connectivity index (χ3n) is 5.59. The van der Waals surface area contributed by atoms with Crippen molar-refractivity contribution in [2.24, 2.45) is 0 Å². The Labute approximate surface area is 187 Å². The van der Waals surface area contributed by atoms with Gasteiger partial charge in [-0.2, -0.15) is 0 Å². The molecule has 0 saturated carbocycles. The van der Waals surface area contributed by atoms with Crippen LogP contribution in [0.4, 0.5) is 0 Å². The van der Waals surface area contributed by atoms with Gasteiger partial charge in [-0.15, -0.1) is 0 Å². The summed E-state index contributed by atoms with van der Waals surface area (Å²) < 4.78 is 11.5. The summed E-state index contributed by atoms with van der Waals surface area (Å²) in [7, 11) is 1.64. The number of carbonyl (C=O) groups is 1. The smallest absolute Gasteiger partial charge is 0.272 e. The zero-order valence-corrected chi connectivity index (χ0v) is 18.4. The van der Waals surface area contributed by atoms with E-state index in [-0.39, 0.29) is 11.8 Å². The van der Waals surface area contributed by atoms with Crippen molar-refractivity contribution in [1.29, 1.82) is 0 Å². The second-order valence-corrected chi connectivity index (χ2v) is 8.07. The number of likely N-dealkylation sites (tertiary alicyclic amines) is 1. The van der Waals surface area contributed by atoms with Crippen LogP contribution in [0.15, 0.2) is 60.8 Å². The van der Waals surface area contributed by atoms with Crippen LogP contribution in [0.1, 0.15) is 40.0 Å². The van der Waals surface area contributed by atoms with Crippen LogP contribution in [0.2, 0.25) is 5.02 Å². The Morgan fingerprint density at radius 3 is 2.48 bits per heavy atom. The molecule has 160 valence electrons. The van der Waals surface area contributed by atoms with Crippen molar-refractivity contribution in [3.8, 4) is 11.5 Å². The minimum atomic E-state index is -0.0974. The van der Waals surface area contributed by atoms with Gasteiger partial charge in [-0.1, -0.05) is 48.9 Å². The van der Waals surface area contributed by atoms with Gasteiger partial charge in [0, 0.05) is 30.2 Å². The first-order chi connectivity index (χ1) is 15.1. The van der Waals surface area contributed by atoms with Gasteiger partial charge in [0.05, 0.1) is 7.11 Å². The van der Waals surface area contributed by atoms with Crippen LogP contribution in [0, 0.1) is 0 Å². The highest BCUT2D eigenvalue weighted by Gasteiger charge is 2.33. The third-order valence-corrected chi connectivity index (χ3v) is 5.83. The number of amides is 1. The molecule has 0 bridgehead atoms. The molecular weight excluding hydrogens is 412 g/mol. The lowest BCUT2D eigenvalue weighted by Gasteiger charge is -2.39. The summed E-state index contributed by atoms with van der Waals surface area (Å²) in [5, 5.41) is 0.511. The SMILES string of the molecule is CCc1ccc(COc2ccc(C3CN(C(=O)c4cc(Cl)ccn4)C3)cc2OC)cc1. The summed E-state index contributed by atoms with van der Waals surface area (Å²) in [6.07, 6.45) is 2.57. The number of pyridine rings is 1. The molecule has 1 aromatic heterocycles. The number of aromatic nitrogens is 1. The summed E-state index contributed by atoms with van der Waals surface area (Å²) in [5.41, 5.74) is 3.93. The number of hydrogen-bond acceptors (Lipinski definition) is 4. The summed E-state index contributed by atoms with van der Waals surface area (Å²) in [5.74, 6) is 1.57. The highest BCUT2D eigenvalue weighted by atomic mass is 35.5. The van der Waals surface area contributed by atoms with Gasteiger partial charge in [-0.05, 0) is 47.4 Å². The van der Waals surface area contributed by atoms with E-state index < -0.39 is 0 Å². The molecule has 0 aliphatic carbocycles. The van der Waals surface area contributed by atoms with Crippen LogP contribution in [-0.2, 0) is 13.0 Å². The largest absolute Gasteiger partial charge is 0.493 e. The van der Waals surface area contributed by atoms with Crippen molar-refractivity contribution in [2.45, 2.75) is 25.9 Å². The predicted molar refractivity (Wildman–Crippen MR) is 121 cm³/mol. The summed E-state index contributed by atoms with van der Waals surface area (Å²) in [6.45, 7) is 3.90. The average molecular weight is 437 g/mol. The molecule has 0 atom stereocenters. The molecule has 0 spiro atoms. The number of carbonyl (C=O) groups excluding carboxylic acids is 1. The lowest BCUT2D eigenvalue weighted by Crippen LogP contribution is -2.48. The molecule has 31 heavy (non-hydrogen) atoms. The van der Waals surface area contributed by atoms with Crippen LogP contribution in [-0.4, -0.2) is 36.0 Å². The topological polar surface area (TPSA) is 51.7 Å². The van der Waals surface area contributed by atoms with Crippen molar-refractivity contribution >= 4 is 17.5 Å². The molecule has 5 nitrogen and oxygen atoms in total. The zero-order valence-electron chi connectivity index (χ0n) is 17.7. The maximum absolute atomic E-state index is 12.6. The molecule has 1 fully saturated rings. The molecule has 2 aromatic carbocycles. The fraction of sp³-hybridized carbons (Fsp3) is 0.280. The number of halogens is 1. The number of hydrogen-bond donors (Lipinski definition) is 0. The third kappa shape index (κ3) is 4.83. The molecule has 0 unspecified atom stereocenters. The van der Waals surface area contributed by atoms with Crippen LogP contribution >= 0.6 is 11.6 Å². The highest BCUT2D eigenvalue weighted by Crippen LogP contribution is 2.35. The Morgan fingerprint density at radius 1 is 1.06 bits per heavy atom. The Kier molecular flexibility index (Phi) is 6.42. The summed E-state index contributed by atoms with van der Waals surface area (Å²) in [6, 6.07) is 17.7. The van der Waals surface area contributed by atoms with Gasteiger partial charge in [0.15, 0.2) is 11.5 Å². The van der Waals surface area contributed by atoms with Gasteiger partial charge in [0.25, 0.3) is 5.91 Å². The second kappa shape index (κ2) is 9.40. The quantitative estimate of drug-likeness (QED) is 0.515. The number of ether oxygens (including phenoxy) is 2. The molecule has 4 rings (SSSR count). The Bertz CT molecular complexity index is 1060. The van der Waals surface area contributed by atoms with E-state index in [0.717, 1.165) is 17.5 Å². The standard InChI is InChI=1S/C25H25ClN2O3/c1-3-17-4-6-18(7-5-17)16-31-23-9-8-19(12-24(23)30-2)20-14-28(15-20)25(29)22-13-21(26)10-11-27-22/h4-13,20H,3,14-16H2,1-2H3. The maximum Gasteiger partial charge on any atom is 0.272 e. The van der Waals surface area contributed by atoms with E-state index in [4.69, 9.17) is 21.1 Å². The Hall–Kier alpha value is -3.05. The molecule has 2 heterocycles. The van der Waals surface area contributed by atoms with E-state index in [2.05, 4.69) is 36.2 Å². The van der Waals surface area contributed by atoms with Crippen molar-refractivity contribution in [2.75, 3.05) is 20.2 Å². The molecule has 0 N–H and O–H groups in total. The molecule has 6 heteroatoms. The minimum absolute atomic E-state index is 0.0974. The van der Waals surface area contributed by atoms with Crippen LogP contribution < -0.4 is 9.47 Å². The van der Waals surface area contributed by atoms with Gasteiger partial charge in [0.1, 0.15) is 12.3 Å². The van der Waals surface area contributed by atoms with E-state index in [9.17, 15) is 4.79 Å². The zero-order chi connectivity index (χ0) is 21.8. The number of benzene rings is 2. The van der Waals surface area contributed by atoms with Crippen LogP contribution in [0.3, 0.4) is 0 Å². The summed E-state index contributed by atoms with van der Waals surface area (Å²) in [4.78, 5) is 18.5. The molecule has 1 aliphatic heterocycles. The predicted octanol–water partition coefficient (Wildman–Crippen LogP) is 5.12. The first-order valence-electron chi connectivity index (χ1n) is 10.4. The Morgan fingerprint density at radius 2 is 1.81 bits per heavy atom. The van der Waals surface area contributed by atoms with E-state index in [1.807, 2.05) is 18.2 Å². The fourth-order valence-electron chi connectivity index (χ4n) is 3.63. The normalized spacial score (nSPS) is 13.6. The monoisotopic (exact) mass is 436 g/mol. The van der Waals surface area contributed by atoms with Gasteiger partial charge in [-0.25, -0.2) is 0 Å². The molecular formula is C25H25ClN2O3. The number of nitrogens with zero attached hydrogens (tertiary/aromatic N) is 2. The van der Waals surface area contributed by atoms with E-state index in [1.165, 1.54) is 5.56 Å². The lowest BCUT2D eigenvalue weighted by atomic mass is 9.91. The van der Waals surface area contributed by atoms with Crippen molar-refractivity contribution in [3.63, 3.8) is 0 Å². The molecule has 1 saturated heterocycles. The van der Waals surface area contributed by atoms with Gasteiger partial charge >= 0.3 is 0 Å². The molecule has 3 aromatic rings. The van der Waals surface area contributed by atoms with Gasteiger partial charge in [0.2, 0.25) is 0 Å². The van der Waals surface area contributed by atoms with E-state index in [0.29, 0.717) is 41.9 Å². The Balaban J connectivity index is 1.37. The average Bonchev–Trinajstić information content (AvgIpc) is 2.77. The van der Waals surface area contributed by atoms with Gasteiger partial charge in [-0.3, -0.25) is 9.78 Å². The number of aryl methyl sites for hydroxylation is 1. The van der Waals surface area contributed by atoms with Crippen LogP contribution in [0.5, 0.6) is 11.5 Å². The summed E-state index contributed by atoms with van der Waals surface area (Å²) >= 11 is 5.97. The fourth-order valence-corrected chi connectivity index (χ4v) is 3.79. The lowest BCUT2D eigenvalue weighted by molar-refractivity contribution is 0.0596. The van der Waals surface area contributed by atoms with Crippen molar-refractivity contribution in [1.82, 2.24) is 9.88 Å². The first-order valence-corrected chi connectivity index (χ1v) is 10.7. The highest BCUT2D eigenvalue weighted by molar-refractivity contribution is 6.30. The maximum atomic E-state index is 12.6. The van der Waals surface area contributed by atoms with E-state index in [1.54, 1.807) is 30.3 Å². The minimum Gasteiger partial charge on any atom is -0.493 e. The number of methoxy groups -OCH3 is 1. The van der Waals surface area contributed by atoms with Crippen molar-refractivity contribution < 1.29 is 14.3 Å². The van der Waals surface area contributed by atoms with E-state index >= 15 is 0 Å². The number of rotatable bonds is 7. The van der Waals surface area contributed by atoms with Gasteiger partial charge < -0.3 is 14.4 Å². The molecule has 1 aliphatic rings. The second-order valence-electron chi connectivity index (χ2n) is 7.64. The molecule has 0 radical (unpaired) electrons. The van der Waals surface area contributed by atoms with Crippen LogP contribution in [0.25, 0.3) is 0 Å². The van der Waals surface area contributed by atoms with Crippen molar-refractivity contribution in [3.05, 3.63) is 88.2 Å². The first kappa shape index (κ1) is 21.2. The molecule has 1 amide bonds.